The lowest BCUT2D eigenvalue weighted by molar-refractivity contribution is 0.0695. The number of thiocarbonyl (C=S) groups is 1. The number of carbonyl (C=O) groups excluding carboxylic acids is 1. The Bertz CT molecular complexity index is 435. The van der Waals surface area contributed by atoms with Crippen LogP contribution in [0.3, 0.4) is 0 Å². The van der Waals surface area contributed by atoms with E-state index in [4.69, 9.17) is 22.7 Å². The van der Waals surface area contributed by atoms with E-state index in [-0.39, 0.29) is 17.0 Å². The number of hydrogen-bond donors (Lipinski definition) is 2. The highest BCUT2D eigenvalue weighted by Crippen LogP contribution is 2.05. The summed E-state index contributed by atoms with van der Waals surface area (Å²) >= 11 is 4.87. The third kappa shape index (κ3) is 4.43. The minimum atomic E-state index is -0.153. The van der Waals surface area contributed by atoms with E-state index in [1.54, 1.807) is 24.3 Å². The molecule has 0 saturated heterocycles. The topological polar surface area (TPSA) is 64.3 Å². The third-order valence-electron chi connectivity index (χ3n) is 2.41. The zero-order valence-electron chi connectivity index (χ0n) is 10.6. The Labute approximate surface area is 113 Å². The molecule has 1 amide bonds. The molecule has 98 valence electrons. The molecular formula is C13H18N2O2S. The van der Waals surface area contributed by atoms with Gasteiger partial charge in [0.2, 0.25) is 0 Å². The van der Waals surface area contributed by atoms with E-state index in [2.05, 4.69) is 5.32 Å². The Hall–Kier alpha value is -1.46. The van der Waals surface area contributed by atoms with E-state index in [1.165, 1.54) is 0 Å². The van der Waals surface area contributed by atoms with Crippen molar-refractivity contribution >= 4 is 23.1 Å². The molecule has 1 atom stereocenters. The number of benzene rings is 1. The molecule has 0 heterocycles. The zero-order chi connectivity index (χ0) is 13.5. The number of ether oxygens (including phenoxy) is 1. The van der Waals surface area contributed by atoms with Crippen molar-refractivity contribution in [2.45, 2.75) is 20.0 Å². The molecule has 0 aliphatic carbocycles. The molecule has 4 nitrogen and oxygen atoms in total. The van der Waals surface area contributed by atoms with Gasteiger partial charge in [0.1, 0.15) is 4.99 Å². The third-order valence-corrected chi connectivity index (χ3v) is 2.65. The molecule has 0 aliphatic rings. The molecule has 18 heavy (non-hydrogen) atoms. The van der Waals surface area contributed by atoms with E-state index in [0.717, 1.165) is 0 Å². The summed E-state index contributed by atoms with van der Waals surface area (Å²) in [4.78, 5) is 12.2. The van der Waals surface area contributed by atoms with Gasteiger partial charge in [-0.15, -0.1) is 0 Å². The van der Waals surface area contributed by atoms with Gasteiger partial charge in [0, 0.05) is 24.3 Å². The predicted octanol–water partition coefficient (Wildman–Crippen LogP) is 1.48. The first-order valence-electron chi connectivity index (χ1n) is 5.84. The van der Waals surface area contributed by atoms with E-state index in [0.29, 0.717) is 24.3 Å². The van der Waals surface area contributed by atoms with Crippen molar-refractivity contribution in [3.8, 4) is 0 Å². The molecule has 1 aromatic carbocycles. The molecule has 1 rings (SSSR count). The highest BCUT2D eigenvalue weighted by Gasteiger charge is 2.08. The Kier molecular flexibility index (Phi) is 5.74. The van der Waals surface area contributed by atoms with E-state index < -0.39 is 0 Å². The molecule has 3 N–H and O–H groups in total. The highest BCUT2D eigenvalue weighted by molar-refractivity contribution is 7.80. The Morgan fingerprint density at radius 2 is 2.17 bits per heavy atom. The summed E-state index contributed by atoms with van der Waals surface area (Å²) in [5, 5.41) is 2.80. The molecule has 0 saturated carbocycles. The van der Waals surface area contributed by atoms with Crippen LogP contribution < -0.4 is 11.1 Å². The smallest absolute Gasteiger partial charge is 0.251 e. The Morgan fingerprint density at radius 3 is 2.78 bits per heavy atom. The quantitative estimate of drug-likeness (QED) is 0.765. The van der Waals surface area contributed by atoms with Crippen molar-refractivity contribution in [1.82, 2.24) is 5.32 Å². The second-order valence-electron chi connectivity index (χ2n) is 3.92. The summed E-state index contributed by atoms with van der Waals surface area (Å²) in [6, 6.07) is 6.95. The molecule has 0 aliphatic heterocycles. The summed E-state index contributed by atoms with van der Waals surface area (Å²) in [5.74, 6) is -0.153. The van der Waals surface area contributed by atoms with Crippen LogP contribution in [0.4, 0.5) is 0 Å². The monoisotopic (exact) mass is 266 g/mol. The molecule has 1 unspecified atom stereocenters. The van der Waals surface area contributed by atoms with Crippen molar-refractivity contribution in [3.05, 3.63) is 35.4 Å². The van der Waals surface area contributed by atoms with Gasteiger partial charge in [-0.1, -0.05) is 24.4 Å². The van der Waals surface area contributed by atoms with Crippen molar-refractivity contribution < 1.29 is 9.53 Å². The van der Waals surface area contributed by atoms with E-state index in [1.807, 2.05) is 13.8 Å². The van der Waals surface area contributed by atoms with Gasteiger partial charge in [-0.25, -0.2) is 0 Å². The van der Waals surface area contributed by atoms with Crippen molar-refractivity contribution in [3.63, 3.8) is 0 Å². The maximum absolute atomic E-state index is 11.9. The first kappa shape index (κ1) is 14.6. The van der Waals surface area contributed by atoms with Gasteiger partial charge in [0.15, 0.2) is 0 Å². The molecule has 0 spiro atoms. The van der Waals surface area contributed by atoms with Gasteiger partial charge in [0.25, 0.3) is 5.91 Å². The molecule has 0 radical (unpaired) electrons. The molecule has 0 bridgehead atoms. The number of rotatable bonds is 6. The molecule has 1 aromatic rings. The average molecular weight is 266 g/mol. The molecule has 0 fully saturated rings. The van der Waals surface area contributed by atoms with Crippen LogP contribution in [0.25, 0.3) is 0 Å². The summed E-state index contributed by atoms with van der Waals surface area (Å²) in [5.41, 5.74) is 6.76. The summed E-state index contributed by atoms with van der Waals surface area (Å²) in [7, 11) is 0. The number of nitrogens with two attached hydrogens (primary N) is 1. The first-order chi connectivity index (χ1) is 8.54. The lowest BCUT2D eigenvalue weighted by Crippen LogP contribution is -2.32. The van der Waals surface area contributed by atoms with E-state index >= 15 is 0 Å². The molecule has 0 aromatic heterocycles. The van der Waals surface area contributed by atoms with Crippen LogP contribution >= 0.6 is 12.2 Å². The molecular weight excluding hydrogens is 248 g/mol. The maximum atomic E-state index is 11.9. The number of amides is 1. The number of nitrogens with one attached hydrogen (secondary N) is 1. The standard InChI is InChI=1S/C13H18N2O2S/c1-3-17-9(2)8-15-13(16)11-6-4-5-10(7-11)12(14)18/h4-7,9H,3,8H2,1-2H3,(H2,14,18)(H,15,16). The summed E-state index contributed by atoms with van der Waals surface area (Å²) in [6.45, 7) is 4.94. The number of carbonyl (C=O) groups is 1. The SMILES string of the molecule is CCOC(C)CNC(=O)c1cccc(C(N)=S)c1. The first-order valence-corrected chi connectivity index (χ1v) is 6.25. The fourth-order valence-corrected chi connectivity index (χ4v) is 1.62. The zero-order valence-corrected chi connectivity index (χ0v) is 11.4. The van der Waals surface area contributed by atoms with Crippen LogP contribution in [0.1, 0.15) is 29.8 Å². The van der Waals surface area contributed by atoms with Crippen molar-refractivity contribution in [2.75, 3.05) is 13.2 Å². The van der Waals surface area contributed by atoms with Crippen LogP contribution in [0.15, 0.2) is 24.3 Å². The molecule has 5 heteroatoms. The minimum absolute atomic E-state index is 0.00211. The van der Waals surface area contributed by atoms with Gasteiger partial charge >= 0.3 is 0 Å². The van der Waals surface area contributed by atoms with E-state index in [9.17, 15) is 4.79 Å². The summed E-state index contributed by atoms with van der Waals surface area (Å²) in [6.07, 6.45) is -0.00211. The normalized spacial score (nSPS) is 11.9. The Morgan fingerprint density at radius 1 is 1.50 bits per heavy atom. The van der Waals surface area contributed by atoms with Crippen LogP contribution in [-0.4, -0.2) is 30.2 Å². The van der Waals surface area contributed by atoms with Crippen LogP contribution in [0, 0.1) is 0 Å². The van der Waals surface area contributed by atoms with Crippen LogP contribution in [0.2, 0.25) is 0 Å². The second-order valence-corrected chi connectivity index (χ2v) is 4.36. The average Bonchev–Trinajstić information content (AvgIpc) is 2.36. The van der Waals surface area contributed by atoms with Gasteiger partial charge in [-0.2, -0.15) is 0 Å². The van der Waals surface area contributed by atoms with Gasteiger partial charge in [-0.3, -0.25) is 4.79 Å². The lowest BCUT2D eigenvalue weighted by atomic mass is 10.1. The fraction of sp³-hybridized carbons (Fsp3) is 0.385. The summed E-state index contributed by atoms with van der Waals surface area (Å²) < 4.78 is 5.33. The van der Waals surface area contributed by atoms with Crippen molar-refractivity contribution in [1.29, 1.82) is 0 Å². The van der Waals surface area contributed by atoms with Gasteiger partial charge in [0.05, 0.1) is 6.10 Å². The Balaban J connectivity index is 2.61. The predicted molar refractivity (Wildman–Crippen MR) is 75.8 cm³/mol. The second kappa shape index (κ2) is 7.08. The lowest BCUT2D eigenvalue weighted by Gasteiger charge is -2.12. The highest BCUT2D eigenvalue weighted by atomic mass is 32.1. The minimum Gasteiger partial charge on any atom is -0.389 e. The van der Waals surface area contributed by atoms with Gasteiger partial charge < -0.3 is 15.8 Å². The number of hydrogen-bond acceptors (Lipinski definition) is 3. The van der Waals surface area contributed by atoms with Crippen molar-refractivity contribution in [2.24, 2.45) is 5.73 Å². The van der Waals surface area contributed by atoms with Gasteiger partial charge in [-0.05, 0) is 26.0 Å². The van der Waals surface area contributed by atoms with Crippen LogP contribution in [0.5, 0.6) is 0 Å². The maximum Gasteiger partial charge on any atom is 0.251 e. The van der Waals surface area contributed by atoms with Crippen LogP contribution in [-0.2, 0) is 4.74 Å². The largest absolute Gasteiger partial charge is 0.389 e. The fourth-order valence-electron chi connectivity index (χ4n) is 1.50.